The van der Waals surface area contributed by atoms with Crippen LogP contribution in [0.3, 0.4) is 0 Å². The highest BCUT2D eigenvalue weighted by Gasteiger charge is 2.31. The molecule has 0 bridgehead atoms. The minimum atomic E-state index is -1.03. The second-order valence-corrected chi connectivity index (χ2v) is 5.94. The van der Waals surface area contributed by atoms with Gasteiger partial charge in [0.05, 0.1) is 11.5 Å². The molecule has 2 rings (SSSR count). The number of rotatable bonds is 7. The van der Waals surface area contributed by atoms with Crippen LogP contribution < -0.4 is 5.32 Å². The molecule has 0 aliphatic heterocycles. The second-order valence-electron chi connectivity index (χ2n) is 5.94. The van der Waals surface area contributed by atoms with Crippen LogP contribution in [0.5, 0.6) is 0 Å². The zero-order chi connectivity index (χ0) is 17.7. The molecular formula is C16H20N4O4. The molecule has 0 saturated heterocycles. The maximum absolute atomic E-state index is 12.4. The summed E-state index contributed by atoms with van der Waals surface area (Å²) in [5.74, 6) is -0.271. The summed E-state index contributed by atoms with van der Waals surface area (Å²) in [5.41, 5.74) is 0.693. The lowest BCUT2D eigenvalue weighted by atomic mass is 10.0. The molecule has 2 aromatic rings. The fraction of sp³-hybridized carbons (Fsp3) is 0.375. The summed E-state index contributed by atoms with van der Waals surface area (Å²) in [4.78, 5) is 22.5. The summed E-state index contributed by atoms with van der Waals surface area (Å²) < 4.78 is 1.29. The van der Waals surface area contributed by atoms with Gasteiger partial charge in [-0.15, -0.1) is 0 Å². The normalized spacial score (nSPS) is 11.3. The SMILES string of the molecule is CC(C)(C(=O)NCCc1ccc(CO)cc1)n1cc([N+](=O)[O-])cn1. The molecule has 0 spiro atoms. The van der Waals surface area contributed by atoms with Crippen molar-refractivity contribution in [3.05, 3.63) is 57.9 Å². The summed E-state index contributed by atoms with van der Waals surface area (Å²) in [6.07, 6.45) is 3.01. The Morgan fingerprint density at radius 2 is 1.96 bits per heavy atom. The molecule has 0 saturated carbocycles. The van der Waals surface area contributed by atoms with Crippen LogP contribution in [0.4, 0.5) is 5.69 Å². The van der Waals surface area contributed by atoms with Gasteiger partial charge in [0, 0.05) is 6.54 Å². The van der Waals surface area contributed by atoms with Crippen molar-refractivity contribution >= 4 is 11.6 Å². The Labute approximate surface area is 139 Å². The maximum atomic E-state index is 12.4. The van der Waals surface area contributed by atoms with E-state index in [0.717, 1.165) is 17.3 Å². The Kier molecular flexibility index (Phi) is 5.30. The summed E-state index contributed by atoms with van der Waals surface area (Å²) in [6.45, 7) is 3.73. The molecule has 8 nitrogen and oxygen atoms in total. The summed E-state index contributed by atoms with van der Waals surface area (Å²) >= 11 is 0. The van der Waals surface area contributed by atoms with E-state index in [1.807, 2.05) is 24.3 Å². The van der Waals surface area contributed by atoms with Gasteiger partial charge < -0.3 is 10.4 Å². The number of hydrogen-bond donors (Lipinski definition) is 2. The average molecular weight is 332 g/mol. The van der Waals surface area contributed by atoms with E-state index in [4.69, 9.17) is 5.11 Å². The largest absolute Gasteiger partial charge is 0.392 e. The number of carbonyl (C=O) groups is 1. The number of nitro groups is 1. The van der Waals surface area contributed by atoms with Crippen molar-refractivity contribution in [3.63, 3.8) is 0 Å². The molecule has 0 radical (unpaired) electrons. The number of aliphatic hydroxyl groups excluding tert-OH is 1. The first kappa shape index (κ1) is 17.6. The fourth-order valence-corrected chi connectivity index (χ4v) is 2.17. The van der Waals surface area contributed by atoms with Gasteiger partial charge >= 0.3 is 5.69 Å². The van der Waals surface area contributed by atoms with Crippen molar-refractivity contribution < 1.29 is 14.8 Å². The van der Waals surface area contributed by atoms with Crippen LogP contribution in [0.25, 0.3) is 0 Å². The van der Waals surface area contributed by atoms with Crippen molar-refractivity contribution in [2.45, 2.75) is 32.4 Å². The van der Waals surface area contributed by atoms with Crippen LogP contribution in [0.2, 0.25) is 0 Å². The number of benzene rings is 1. The van der Waals surface area contributed by atoms with Gasteiger partial charge in [-0.1, -0.05) is 24.3 Å². The Hall–Kier alpha value is -2.74. The molecule has 1 aromatic heterocycles. The van der Waals surface area contributed by atoms with E-state index in [-0.39, 0.29) is 18.2 Å². The van der Waals surface area contributed by atoms with Gasteiger partial charge in [0.15, 0.2) is 0 Å². The highest BCUT2D eigenvalue weighted by atomic mass is 16.6. The highest BCUT2D eigenvalue weighted by Crippen LogP contribution is 2.18. The van der Waals surface area contributed by atoms with Crippen molar-refractivity contribution in [3.8, 4) is 0 Å². The summed E-state index contributed by atoms with van der Waals surface area (Å²) in [7, 11) is 0. The van der Waals surface area contributed by atoms with E-state index in [9.17, 15) is 14.9 Å². The number of amides is 1. The van der Waals surface area contributed by atoms with Gasteiger partial charge in [-0.05, 0) is 31.4 Å². The topological polar surface area (TPSA) is 110 Å². The van der Waals surface area contributed by atoms with Crippen LogP contribution in [0.1, 0.15) is 25.0 Å². The molecule has 128 valence electrons. The molecule has 24 heavy (non-hydrogen) atoms. The maximum Gasteiger partial charge on any atom is 0.307 e. The standard InChI is InChI=1S/C16H20N4O4/c1-16(2,19-10-14(9-18-19)20(23)24)15(22)17-8-7-12-3-5-13(11-21)6-4-12/h3-6,9-10,21H,7-8,11H2,1-2H3,(H,17,22). The van der Waals surface area contributed by atoms with Crippen LogP contribution in [-0.4, -0.2) is 32.3 Å². The van der Waals surface area contributed by atoms with E-state index in [1.165, 1.54) is 10.9 Å². The van der Waals surface area contributed by atoms with Gasteiger partial charge in [-0.2, -0.15) is 5.10 Å². The van der Waals surface area contributed by atoms with Gasteiger partial charge in [-0.25, -0.2) is 0 Å². The summed E-state index contributed by atoms with van der Waals surface area (Å²) in [5, 5.41) is 26.4. The molecule has 2 N–H and O–H groups in total. The van der Waals surface area contributed by atoms with E-state index in [2.05, 4.69) is 10.4 Å². The third-order valence-electron chi connectivity index (χ3n) is 3.81. The molecule has 0 atom stereocenters. The monoisotopic (exact) mass is 332 g/mol. The van der Waals surface area contributed by atoms with Crippen molar-refractivity contribution in [2.24, 2.45) is 0 Å². The molecule has 1 aromatic carbocycles. The smallest absolute Gasteiger partial charge is 0.307 e. The van der Waals surface area contributed by atoms with Crippen LogP contribution in [-0.2, 0) is 23.4 Å². The Morgan fingerprint density at radius 3 is 2.50 bits per heavy atom. The average Bonchev–Trinajstić information content (AvgIpc) is 3.06. The number of nitrogens with one attached hydrogen (secondary N) is 1. The van der Waals surface area contributed by atoms with E-state index < -0.39 is 10.5 Å². The lowest BCUT2D eigenvalue weighted by Gasteiger charge is -2.23. The third kappa shape index (κ3) is 3.96. The van der Waals surface area contributed by atoms with Crippen LogP contribution in [0.15, 0.2) is 36.7 Å². The lowest BCUT2D eigenvalue weighted by Crippen LogP contribution is -2.45. The molecule has 1 heterocycles. The fourth-order valence-electron chi connectivity index (χ4n) is 2.17. The quantitative estimate of drug-likeness (QED) is 0.588. The number of nitrogens with zero attached hydrogens (tertiary/aromatic N) is 3. The Balaban J connectivity index is 1.93. The number of hydrogen-bond acceptors (Lipinski definition) is 5. The summed E-state index contributed by atoms with van der Waals surface area (Å²) in [6, 6.07) is 7.48. The molecule has 1 amide bonds. The van der Waals surface area contributed by atoms with Crippen molar-refractivity contribution in [2.75, 3.05) is 6.54 Å². The molecule has 8 heteroatoms. The zero-order valence-corrected chi connectivity index (χ0v) is 13.6. The Bertz CT molecular complexity index is 722. The third-order valence-corrected chi connectivity index (χ3v) is 3.81. The number of aromatic nitrogens is 2. The zero-order valence-electron chi connectivity index (χ0n) is 13.6. The predicted octanol–water partition coefficient (Wildman–Crippen LogP) is 1.38. The first-order valence-corrected chi connectivity index (χ1v) is 7.51. The van der Waals surface area contributed by atoms with E-state index in [1.54, 1.807) is 13.8 Å². The Morgan fingerprint density at radius 1 is 1.33 bits per heavy atom. The first-order chi connectivity index (χ1) is 11.3. The highest BCUT2D eigenvalue weighted by molar-refractivity contribution is 5.83. The lowest BCUT2D eigenvalue weighted by molar-refractivity contribution is -0.385. The first-order valence-electron chi connectivity index (χ1n) is 7.51. The van der Waals surface area contributed by atoms with Gasteiger partial charge in [-0.3, -0.25) is 19.6 Å². The van der Waals surface area contributed by atoms with Crippen molar-refractivity contribution in [1.29, 1.82) is 0 Å². The van der Waals surface area contributed by atoms with Crippen LogP contribution >= 0.6 is 0 Å². The van der Waals surface area contributed by atoms with E-state index >= 15 is 0 Å². The number of aliphatic hydroxyl groups is 1. The molecule has 0 unspecified atom stereocenters. The predicted molar refractivity (Wildman–Crippen MR) is 87.3 cm³/mol. The minimum Gasteiger partial charge on any atom is -0.392 e. The second kappa shape index (κ2) is 7.22. The van der Waals surface area contributed by atoms with Gasteiger partial charge in [0.25, 0.3) is 0 Å². The molecule has 0 aliphatic rings. The minimum absolute atomic E-state index is 0.00120. The van der Waals surface area contributed by atoms with E-state index in [0.29, 0.717) is 13.0 Å². The van der Waals surface area contributed by atoms with Crippen LogP contribution in [0, 0.1) is 10.1 Å². The molecular weight excluding hydrogens is 312 g/mol. The van der Waals surface area contributed by atoms with Gasteiger partial charge in [0.2, 0.25) is 5.91 Å². The van der Waals surface area contributed by atoms with Crippen molar-refractivity contribution in [1.82, 2.24) is 15.1 Å². The molecule has 0 aliphatic carbocycles. The molecule has 0 fully saturated rings. The van der Waals surface area contributed by atoms with Gasteiger partial charge in [0.1, 0.15) is 17.9 Å². The number of carbonyl (C=O) groups excluding carboxylic acids is 1.